The molecular weight excluding hydrogens is 420 g/mol. The minimum absolute atomic E-state index is 0.358. The Morgan fingerprint density at radius 3 is 2.03 bits per heavy atom. The first-order valence-corrected chi connectivity index (χ1v) is 10.9. The van der Waals surface area contributed by atoms with Crippen LogP contribution in [0.4, 0.5) is 0 Å². The summed E-state index contributed by atoms with van der Waals surface area (Å²) in [5.41, 5.74) is 3.74. The van der Waals surface area contributed by atoms with Crippen LogP contribution in [0, 0.1) is 6.92 Å². The fraction of sp³-hybridized carbons (Fsp3) is 0.111. The number of esters is 2. The largest absolute Gasteiger partial charge is 0.423 e. The Morgan fingerprint density at radius 2 is 1.38 bits per heavy atom. The number of benzene rings is 3. The van der Waals surface area contributed by atoms with Crippen molar-refractivity contribution >= 4 is 43.4 Å². The summed E-state index contributed by atoms with van der Waals surface area (Å²) in [5, 5.41) is 2.29. The van der Waals surface area contributed by atoms with Gasteiger partial charge in [0, 0.05) is 36.9 Å². The molecular formula is C27H22O4S. The van der Waals surface area contributed by atoms with Gasteiger partial charge in [-0.1, -0.05) is 37.4 Å². The summed E-state index contributed by atoms with van der Waals surface area (Å²) in [5.74, 6) is 0.177. The standard InChI is InChI=1S/C27H22O4S/c1-15(2)26(28)30-20-9-6-18(7-10-20)19-8-11-21-22-12-13-23(31-27(29)16(3)4)17(5)25(22)32-24(21)14-19/h6-14H,1,3H2,2,4-5H3. The van der Waals surface area contributed by atoms with Crippen LogP contribution in [0.3, 0.4) is 0 Å². The summed E-state index contributed by atoms with van der Waals surface area (Å²) in [6.45, 7) is 12.5. The van der Waals surface area contributed by atoms with Crippen LogP contribution in [0.25, 0.3) is 31.3 Å². The van der Waals surface area contributed by atoms with Crippen LogP contribution in [-0.4, -0.2) is 11.9 Å². The lowest BCUT2D eigenvalue weighted by molar-refractivity contribution is -0.130. The molecule has 0 amide bonds. The van der Waals surface area contributed by atoms with Crippen molar-refractivity contribution in [2.45, 2.75) is 20.8 Å². The van der Waals surface area contributed by atoms with Crippen LogP contribution in [0.1, 0.15) is 19.4 Å². The molecule has 0 bridgehead atoms. The van der Waals surface area contributed by atoms with E-state index < -0.39 is 11.9 Å². The minimum Gasteiger partial charge on any atom is -0.423 e. The average Bonchev–Trinajstić information content (AvgIpc) is 3.14. The second kappa shape index (κ2) is 8.44. The fourth-order valence-electron chi connectivity index (χ4n) is 3.34. The lowest BCUT2D eigenvalue weighted by atomic mass is 10.0. The Kier molecular flexibility index (Phi) is 5.68. The van der Waals surface area contributed by atoms with Gasteiger partial charge in [0.15, 0.2) is 0 Å². The maximum absolute atomic E-state index is 11.9. The first kappa shape index (κ1) is 21.5. The normalized spacial score (nSPS) is 10.8. The predicted molar refractivity (Wildman–Crippen MR) is 130 cm³/mol. The molecule has 5 heteroatoms. The van der Waals surface area contributed by atoms with E-state index in [2.05, 4.69) is 31.4 Å². The van der Waals surface area contributed by atoms with Crippen LogP contribution < -0.4 is 9.47 Å². The molecule has 0 saturated carbocycles. The van der Waals surface area contributed by atoms with Crippen molar-refractivity contribution < 1.29 is 19.1 Å². The summed E-state index contributed by atoms with van der Waals surface area (Å²) in [7, 11) is 0. The molecule has 0 aliphatic heterocycles. The molecule has 0 aliphatic carbocycles. The maximum Gasteiger partial charge on any atom is 0.338 e. The highest BCUT2D eigenvalue weighted by Gasteiger charge is 2.14. The van der Waals surface area contributed by atoms with E-state index in [4.69, 9.17) is 9.47 Å². The Morgan fingerprint density at radius 1 is 0.781 bits per heavy atom. The lowest BCUT2D eigenvalue weighted by Crippen LogP contribution is -2.08. The van der Waals surface area contributed by atoms with E-state index in [1.54, 1.807) is 37.3 Å². The van der Waals surface area contributed by atoms with Gasteiger partial charge in [0.05, 0.1) is 0 Å². The van der Waals surface area contributed by atoms with Gasteiger partial charge in [0.1, 0.15) is 11.5 Å². The van der Waals surface area contributed by atoms with E-state index in [0.717, 1.165) is 36.9 Å². The fourth-order valence-corrected chi connectivity index (χ4v) is 4.58. The van der Waals surface area contributed by atoms with Crippen LogP contribution in [0.5, 0.6) is 11.5 Å². The van der Waals surface area contributed by atoms with Gasteiger partial charge in [-0.3, -0.25) is 0 Å². The van der Waals surface area contributed by atoms with Crippen LogP contribution in [0.15, 0.2) is 78.9 Å². The van der Waals surface area contributed by atoms with Crippen molar-refractivity contribution in [3.05, 3.63) is 84.5 Å². The molecule has 4 nitrogen and oxygen atoms in total. The molecule has 0 unspecified atom stereocenters. The van der Waals surface area contributed by atoms with Gasteiger partial charge in [0.25, 0.3) is 0 Å². The summed E-state index contributed by atoms with van der Waals surface area (Å²) in [6, 6.07) is 17.6. The zero-order chi connectivity index (χ0) is 23.0. The highest BCUT2D eigenvalue weighted by Crippen LogP contribution is 2.40. The van der Waals surface area contributed by atoms with Crippen molar-refractivity contribution in [2.75, 3.05) is 0 Å². The number of hydrogen-bond acceptors (Lipinski definition) is 5. The Labute approximate surface area is 190 Å². The van der Waals surface area contributed by atoms with Crippen molar-refractivity contribution in [1.29, 1.82) is 0 Å². The number of hydrogen-bond donors (Lipinski definition) is 0. The average molecular weight is 443 g/mol. The smallest absolute Gasteiger partial charge is 0.338 e. The third kappa shape index (κ3) is 4.07. The molecule has 0 fully saturated rings. The number of rotatable bonds is 5. The Balaban J connectivity index is 1.68. The summed E-state index contributed by atoms with van der Waals surface area (Å²) in [6.07, 6.45) is 0. The quantitative estimate of drug-likeness (QED) is 0.190. The van der Waals surface area contributed by atoms with E-state index in [0.29, 0.717) is 22.6 Å². The third-order valence-electron chi connectivity index (χ3n) is 5.14. The molecule has 0 saturated heterocycles. The van der Waals surface area contributed by atoms with Gasteiger partial charge >= 0.3 is 11.9 Å². The molecule has 1 heterocycles. The highest BCUT2D eigenvalue weighted by atomic mass is 32.1. The zero-order valence-electron chi connectivity index (χ0n) is 18.2. The first-order valence-electron chi connectivity index (χ1n) is 10.1. The van der Waals surface area contributed by atoms with Crippen LogP contribution in [0.2, 0.25) is 0 Å². The number of aryl methyl sites for hydroxylation is 1. The van der Waals surface area contributed by atoms with Crippen LogP contribution in [-0.2, 0) is 9.59 Å². The zero-order valence-corrected chi connectivity index (χ0v) is 19.0. The molecule has 3 aromatic carbocycles. The van der Waals surface area contributed by atoms with Gasteiger partial charge < -0.3 is 9.47 Å². The van der Waals surface area contributed by atoms with Gasteiger partial charge in [-0.2, -0.15) is 0 Å². The van der Waals surface area contributed by atoms with Gasteiger partial charge in [-0.15, -0.1) is 11.3 Å². The second-order valence-electron chi connectivity index (χ2n) is 7.74. The topological polar surface area (TPSA) is 52.6 Å². The predicted octanol–water partition coefficient (Wildman–Crippen LogP) is 6.99. The molecule has 0 N–H and O–H groups in total. The van der Waals surface area contributed by atoms with E-state index in [-0.39, 0.29) is 0 Å². The summed E-state index contributed by atoms with van der Waals surface area (Å²) < 4.78 is 13.0. The highest BCUT2D eigenvalue weighted by molar-refractivity contribution is 7.26. The van der Waals surface area contributed by atoms with Gasteiger partial charge in [0.2, 0.25) is 0 Å². The summed E-state index contributed by atoms with van der Waals surface area (Å²) in [4.78, 5) is 23.6. The van der Waals surface area contributed by atoms with Crippen LogP contribution >= 0.6 is 11.3 Å². The number of ether oxygens (including phenoxy) is 2. The number of carbonyl (C=O) groups excluding carboxylic acids is 2. The monoisotopic (exact) mass is 442 g/mol. The summed E-state index contributed by atoms with van der Waals surface area (Å²) >= 11 is 1.67. The van der Waals surface area contributed by atoms with E-state index in [1.165, 1.54) is 0 Å². The second-order valence-corrected chi connectivity index (χ2v) is 8.79. The first-order chi connectivity index (χ1) is 15.2. The molecule has 0 aliphatic rings. The van der Waals surface area contributed by atoms with Gasteiger partial charge in [-0.25, -0.2) is 9.59 Å². The molecule has 0 atom stereocenters. The van der Waals surface area contributed by atoms with E-state index in [9.17, 15) is 9.59 Å². The molecule has 1 aromatic heterocycles. The molecule has 32 heavy (non-hydrogen) atoms. The van der Waals surface area contributed by atoms with Crippen molar-refractivity contribution in [2.24, 2.45) is 0 Å². The number of fused-ring (bicyclic) bond motifs is 3. The number of thiophene rings is 1. The Bertz CT molecular complexity index is 1410. The molecule has 4 aromatic rings. The van der Waals surface area contributed by atoms with Gasteiger partial charge in [-0.05, 0) is 62.2 Å². The molecule has 0 spiro atoms. The molecule has 0 radical (unpaired) electrons. The van der Waals surface area contributed by atoms with Crippen molar-refractivity contribution in [1.82, 2.24) is 0 Å². The van der Waals surface area contributed by atoms with Crippen molar-refractivity contribution in [3.63, 3.8) is 0 Å². The molecule has 4 rings (SSSR count). The third-order valence-corrected chi connectivity index (χ3v) is 6.43. The lowest BCUT2D eigenvalue weighted by Gasteiger charge is -2.07. The SMILES string of the molecule is C=C(C)C(=O)Oc1ccc(-c2ccc3c(c2)sc2c(C)c(OC(=O)C(=C)C)ccc23)cc1. The van der Waals surface area contributed by atoms with E-state index >= 15 is 0 Å². The maximum atomic E-state index is 11.9. The number of carbonyl (C=O) groups is 2. The Hall–Kier alpha value is -3.70. The molecule has 160 valence electrons. The van der Waals surface area contributed by atoms with E-state index in [1.807, 2.05) is 31.2 Å². The minimum atomic E-state index is -0.437. The van der Waals surface area contributed by atoms with Crippen molar-refractivity contribution in [3.8, 4) is 22.6 Å².